The van der Waals surface area contributed by atoms with Gasteiger partial charge in [-0.25, -0.2) is 0 Å². The number of ether oxygens (including phenoxy) is 1. The number of hydrogen-bond donors (Lipinski definition) is 1. The minimum atomic E-state index is -0.351. The fraction of sp³-hybridized carbons (Fsp3) is 0.333. The molecule has 1 heterocycles. The molecule has 6 heteroatoms. The second kappa shape index (κ2) is 8.88. The highest BCUT2D eigenvalue weighted by Gasteiger charge is 2.17. The van der Waals surface area contributed by atoms with Gasteiger partial charge in [0.05, 0.1) is 19.6 Å². The molecule has 0 atom stereocenters. The van der Waals surface area contributed by atoms with Crippen molar-refractivity contribution >= 4 is 11.9 Å². The molecule has 1 amide bonds. The zero-order valence-electron chi connectivity index (χ0n) is 13.7. The number of aromatic nitrogens is 1. The fourth-order valence-corrected chi connectivity index (χ4v) is 2.36. The number of nitrogens with zero attached hydrogens (tertiary/aromatic N) is 2. The molecule has 0 unspecified atom stereocenters. The Bertz CT molecular complexity index is 650. The normalized spacial score (nSPS) is 10.4. The minimum absolute atomic E-state index is 0.112. The average molecular weight is 330 g/mol. The van der Waals surface area contributed by atoms with Crippen molar-refractivity contribution in [3.63, 3.8) is 0 Å². The van der Waals surface area contributed by atoms with Gasteiger partial charge >= 0.3 is 5.97 Å². The molecule has 1 N–H and O–H groups in total. The third-order valence-electron chi connectivity index (χ3n) is 3.57. The molecule has 1 aromatic heterocycles. The van der Waals surface area contributed by atoms with Crippen molar-refractivity contribution in [3.8, 4) is 5.69 Å². The number of aliphatic hydroxyl groups is 1. The van der Waals surface area contributed by atoms with Crippen LogP contribution >= 0.6 is 0 Å². The molecular formula is C18H22N2O4. The van der Waals surface area contributed by atoms with Gasteiger partial charge in [-0.3, -0.25) is 9.59 Å². The van der Waals surface area contributed by atoms with E-state index in [1.807, 2.05) is 41.2 Å². The highest BCUT2D eigenvalue weighted by molar-refractivity contribution is 5.94. The van der Waals surface area contributed by atoms with Gasteiger partial charge in [0.15, 0.2) is 0 Å². The number of carbonyl (C=O) groups is 2. The van der Waals surface area contributed by atoms with Crippen molar-refractivity contribution in [3.05, 3.63) is 54.4 Å². The van der Waals surface area contributed by atoms with E-state index in [0.29, 0.717) is 12.2 Å². The van der Waals surface area contributed by atoms with Crippen molar-refractivity contribution in [2.45, 2.75) is 13.3 Å². The number of esters is 1. The van der Waals surface area contributed by atoms with Crippen molar-refractivity contribution in [2.24, 2.45) is 0 Å². The predicted molar refractivity (Wildman–Crippen MR) is 90.0 cm³/mol. The van der Waals surface area contributed by atoms with Crippen LogP contribution in [0.5, 0.6) is 0 Å². The Hall–Kier alpha value is -2.60. The van der Waals surface area contributed by atoms with Crippen LogP contribution in [0.1, 0.15) is 23.7 Å². The quantitative estimate of drug-likeness (QED) is 0.750. The van der Waals surface area contributed by atoms with Crippen LogP contribution in [0, 0.1) is 0 Å². The van der Waals surface area contributed by atoms with Crippen LogP contribution in [0.2, 0.25) is 0 Å². The van der Waals surface area contributed by atoms with E-state index in [1.165, 1.54) is 4.90 Å². The van der Waals surface area contributed by atoms with Crippen LogP contribution in [0.25, 0.3) is 5.69 Å². The number of amides is 1. The lowest BCUT2D eigenvalue weighted by atomic mass is 10.1. The Balaban J connectivity index is 2.04. The zero-order valence-corrected chi connectivity index (χ0v) is 13.7. The summed E-state index contributed by atoms with van der Waals surface area (Å²) in [4.78, 5) is 25.5. The standard InChI is InChI=1S/C18H22N2O4/c1-2-24-17(22)9-12-20(13-14-21)18(23)15-5-7-16(8-6-15)19-10-3-4-11-19/h3-8,10-11,21H,2,9,12-14H2,1H3. The Morgan fingerprint density at radius 2 is 1.79 bits per heavy atom. The van der Waals surface area contributed by atoms with Gasteiger partial charge in [-0.15, -0.1) is 0 Å². The van der Waals surface area contributed by atoms with Crippen molar-refractivity contribution < 1.29 is 19.4 Å². The summed E-state index contributed by atoms with van der Waals surface area (Å²) in [5.74, 6) is -0.566. The Kier molecular flexibility index (Phi) is 6.57. The molecule has 0 saturated carbocycles. The molecule has 1 aromatic carbocycles. The number of aliphatic hydroxyl groups excluding tert-OH is 1. The van der Waals surface area contributed by atoms with E-state index in [0.717, 1.165) is 5.69 Å². The molecule has 0 aliphatic rings. The Morgan fingerprint density at radius 1 is 1.12 bits per heavy atom. The van der Waals surface area contributed by atoms with Gasteiger partial charge in [0.1, 0.15) is 0 Å². The molecule has 0 fully saturated rings. The topological polar surface area (TPSA) is 71.8 Å². The van der Waals surface area contributed by atoms with Gasteiger partial charge in [0.25, 0.3) is 5.91 Å². The average Bonchev–Trinajstić information content (AvgIpc) is 3.13. The van der Waals surface area contributed by atoms with E-state index in [-0.39, 0.29) is 38.0 Å². The molecule has 0 bridgehead atoms. The summed E-state index contributed by atoms with van der Waals surface area (Å²) in [5.41, 5.74) is 1.47. The summed E-state index contributed by atoms with van der Waals surface area (Å²) in [5, 5.41) is 9.16. The first-order chi connectivity index (χ1) is 11.7. The predicted octanol–water partition coefficient (Wildman–Crippen LogP) is 1.86. The molecule has 0 saturated heterocycles. The highest BCUT2D eigenvalue weighted by atomic mass is 16.5. The Labute approximate surface area is 141 Å². The molecule has 0 aliphatic carbocycles. The maximum atomic E-state index is 12.6. The maximum Gasteiger partial charge on any atom is 0.307 e. The lowest BCUT2D eigenvalue weighted by Crippen LogP contribution is -2.35. The van der Waals surface area contributed by atoms with E-state index in [4.69, 9.17) is 9.84 Å². The first kappa shape index (κ1) is 17.7. The van der Waals surface area contributed by atoms with E-state index in [2.05, 4.69) is 0 Å². The van der Waals surface area contributed by atoms with Gasteiger partial charge in [-0.1, -0.05) is 0 Å². The molecule has 128 valence electrons. The van der Waals surface area contributed by atoms with Crippen molar-refractivity contribution in [2.75, 3.05) is 26.3 Å². The summed E-state index contributed by atoms with van der Waals surface area (Å²) < 4.78 is 6.82. The lowest BCUT2D eigenvalue weighted by Gasteiger charge is -2.21. The van der Waals surface area contributed by atoms with E-state index < -0.39 is 0 Å². The van der Waals surface area contributed by atoms with E-state index in [1.54, 1.807) is 19.1 Å². The van der Waals surface area contributed by atoms with Crippen LogP contribution in [0.15, 0.2) is 48.8 Å². The summed E-state index contributed by atoms with van der Waals surface area (Å²) in [6.45, 7) is 2.29. The smallest absolute Gasteiger partial charge is 0.307 e. The van der Waals surface area contributed by atoms with Crippen LogP contribution in [-0.2, 0) is 9.53 Å². The van der Waals surface area contributed by atoms with Crippen molar-refractivity contribution in [1.29, 1.82) is 0 Å². The van der Waals surface area contributed by atoms with Gasteiger partial charge in [0.2, 0.25) is 0 Å². The SMILES string of the molecule is CCOC(=O)CCN(CCO)C(=O)c1ccc(-n2cccc2)cc1. The number of carbonyl (C=O) groups excluding carboxylic acids is 2. The van der Waals surface area contributed by atoms with Gasteiger partial charge in [-0.05, 0) is 43.3 Å². The molecule has 0 spiro atoms. The zero-order chi connectivity index (χ0) is 17.4. The van der Waals surface area contributed by atoms with Gasteiger partial charge in [-0.2, -0.15) is 0 Å². The Morgan fingerprint density at radius 3 is 2.38 bits per heavy atom. The largest absolute Gasteiger partial charge is 0.466 e. The summed E-state index contributed by atoms with van der Waals surface area (Å²) in [7, 11) is 0. The second-order valence-corrected chi connectivity index (χ2v) is 5.21. The highest BCUT2D eigenvalue weighted by Crippen LogP contribution is 2.12. The molecule has 0 aliphatic heterocycles. The number of hydrogen-bond acceptors (Lipinski definition) is 4. The van der Waals surface area contributed by atoms with Crippen LogP contribution in [-0.4, -0.2) is 52.8 Å². The first-order valence-electron chi connectivity index (χ1n) is 7.95. The summed E-state index contributed by atoms with van der Waals surface area (Å²) >= 11 is 0. The van der Waals surface area contributed by atoms with Crippen LogP contribution in [0.3, 0.4) is 0 Å². The first-order valence-corrected chi connectivity index (χ1v) is 7.95. The summed E-state index contributed by atoms with van der Waals surface area (Å²) in [6.07, 6.45) is 3.96. The lowest BCUT2D eigenvalue weighted by molar-refractivity contribution is -0.143. The molecular weight excluding hydrogens is 308 g/mol. The second-order valence-electron chi connectivity index (χ2n) is 5.21. The molecule has 24 heavy (non-hydrogen) atoms. The number of benzene rings is 1. The third kappa shape index (κ3) is 4.70. The van der Waals surface area contributed by atoms with Crippen LogP contribution < -0.4 is 0 Å². The van der Waals surface area contributed by atoms with Gasteiger partial charge in [0, 0.05) is 36.7 Å². The maximum absolute atomic E-state index is 12.6. The molecule has 0 radical (unpaired) electrons. The third-order valence-corrected chi connectivity index (χ3v) is 3.57. The molecule has 2 aromatic rings. The minimum Gasteiger partial charge on any atom is -0.466 e. The molecule has 6 nitrogen and oxygen atoms in total. The van der Waals surface area contributed by atoms with Crippen molar-refractivity contribution in [1.82, 2.24) is 9.47 Å². The van der Waals surface area contributed by atoms with E-state index in [9.17, 15) is 9.59 Å². The summed E-state index contributed by atoms with van der Waals surface area (Å²) in [6, 6.07) is 11.1. The van der Waals surface area contributed by atoms with E-state index >= 15 is 0 Å². The fourth-order valence-electron chi connectivity index (χ4n) is 2.36. The molecule has 2 rings (SSSR count). The monoisotopic (exact) mass is 330 g/mol. The van der Waals surface area contributed by atoms with Crippen LogP contribution in [0.4, 0.5) is 0 Å². The van der Waals surface area contributed by atoms with Gasteiger partial charge < -0.3 is 19.3 Å². The number of rotatable bonds is 8.